The van der Waals surface area contributed by atoms with Gasteiger partial charge in [-0.05, 0) is 38.3 Å². The molecule has 1 aliphatic heterocycles. The molecule has 0 atom stereocenters. The van der Waals surface area contributed by atoms with Crippen LogP contribution in [0.1, 0.15) is 45.4 Å². The van der Waals surface area contributed by atoms with Gasteiger partial charge in [0.15, 0.2) is 5.16 Å². The second kappa shape index (κ2) is 7.65. The average Bonchev–Trinajstić information content (AvgIpc) is 2.98. The Morgan fingerprint density at radius 3 is 2.71 bits per heavy atom. The Labute approximate surface area is 175 Å². The lowest BCUT2D eigenvalue weighted by Crippen LogP contribution is -2.31. The van der Waals surface area contributed by atoms with Gasteiger partial charge in [-0.2, -0.15) is 4.98 Å². The summed E-state index contributed by atoms with van der Waals surface area (Å²) >= 11 is 7.69. The van der Waals surface area contributed by atoms with Crippen LogP contribution in [-0.2, 0) is 17.8 Å². The first kappa shape index (κ1) is 19.7. The first-order valence-corrected chi connectivity index (χ1v) is 11.1. The largest absolute Gasteiger partial charge is 0.442 e. The minimum absolute atomic E-state index is 0.229. The molecule has 148 valence electrons. The Morgan fingerprint density at radius 2 is 2.00 bits per heavy atom. The van der Waals surface area contributed by atoms with Gasteiger partial charge in [0.2, 0.25) is 5.71 Å². The fourth-order valence-electron chi connectivity index (χ4n) is 3.42. The van der Waals surface area contributed by atoms with Crippen LogP contribution in [0.25, 0.3) is 16.8 Å². The van der Waals surface area contributed by atoms with E-state index in [0.717, 1.165) is 50.8 Å². The van der Waals surface area contributed by atoms with Crippen LogP contribution in [0.2, 0.25) is 0 Å². The van der Waals surface area contributed by atoms with Crippen LogP contribution in [0.3, 0.4) is 0 Å². The summed E-state index contributed by atoms with van der Waals surface area (Å²) in [5.41, 5.74) is 2.49. The lowest BCUT2D eigenvalue weighted by molar-refractivity contribution is -0.0441. The number of hydrogen-bond acceptors (Lipinski definition) is 5. The lowest BCUT2D eigenvalue weighted by Gasteiger charge is -2.28. The predicted octanol–water partition coefficient (Wildman–Crippen LogP) is 6.34. The molecule has 0 radical (unpaired) electrons. The van der Waals surface area contributed by atoms with Crippen molar-refractivity contribution >= 4 is 35.1 Å². The lowest BCUT2D eigenvalue weighted by atomic mass is 9.97. The second-order valence-corrected chi connectivity index (χ2v) is 9.76. The first-order chi connectivity index (χ1) is 13.4. The highest BCUT2D eigenvalue weighted by Gasteiger charge is 2.32. The number of rotatable bonds is 5. The van der Waals surface area contributed by atoms with Crippen molar-refractivity contribution in [2.45, 2.75) is 57.9 Å². The molecule has 0 aliphatic carbocycles. The van der Waals surface area contributed by atoms with E-state index >= 15 is 0 Å². The smallest absolute Gasteiger partial charge is 0.232 e. The normalized spacial score (nSPS) is 15.9. The van der Waals surface area contributed by atoms with Crippen molar-refractivity contribution in [2.75, 3.05) is 5.75 Å². The van der Waals surface area contributed by atoms with Crippen LogP contribution >= 0.6 is 24.0 Å². The van der Waals surface area contributed by atoms with Crippen molar-refractivity contribution in [3.8, 4) is 5.69 Å². The highest BCUT2D eigenvalue weighted by atomic mass is 32.2. The molecule has 28 heavy (non-hydrogen) atoms. The van der Waals surface area contributed by atoms with Crippen LogP contribution in [0.5, 0.6) is 0 Å². The van der Waals surface area contributed by atoms with Gasteiger partial charge < -0.3 is 9.15 Å². The third-order valence-corrected chi connectivity index (χ3v) is 6.37. The van der Waals surface area contributed by atoms with Crippen LogP contribution < -0.4 is 0 Å². The highest BCUT2D eigenvalue weighted by molar-refractivity contribution is 7.99. The molecule has 3 heterocycles. The summed E-state index contributed by atoms with van der Waals surface area (Å²) in [6, 6.07) is 10.2. The van der Waals surface area contributed by atoms with E-state index in [2.05, 4.69) is 44.4 Å². The zero-order chi connectivity index (χ0) is 19.9. The van der Waals surface area contributed by atoms with E-state index in [0.29, 0.717) is 18.2 Å². The fraction of sp³-hybridized carbons (Fsp3) is 0.455. The van der Waals surface area contributed by atoms with Gasteiger partial charge in [0.1, 0.15) is 10.4 Å². The summed E-state index contributed by atoms with van der Waals surface area (Å²) in [4.78, 5) is 4.90. The molecule has 3 aromatic rings. The Hall–Kier alpha value is -1.63. The number of fused-ring (bicyclic) bond motifs is 3. The Kier molecular flexibility index (Phi) is 5.38. The number of furan rings is 1. The van der Waals surface area contributed by atoms with Crippen molar-refractivity contribution < 1.29 is 9.15 Å². The van der Waals surface area contributed by atoms with E-state index in [1.807, 2.05) is 18.2 Å². The minimum atomic E-state index is -0.229. The maximum absolute atomic E-state index is 6.18. The molecule has 0 spiro atoms. The molecule has 2 aromatic heterocycles. The van der Waals surface area contributed by atoms with Gasteiger partial charge in [0, 0.05) is 23.4 Å². The molecule has 0 amide bonds. The third-order valence-electron chi connectivity index (χ3n) is 5.01. The molecule has 0 N–H and O–H groups in total. The number of aromatic nitrogens is 2. The molecule has 0 saturated carbocycles. The van der Waals surface area contributed by atoms with Crippen LogP contribution in [0, 0.1) is 10.6 Å². The van der Waals surface area contributed by atoms with Crippen LogP contribution in [-0.4, -0.2) is 20.9 Å². The molecule has 0 bridgehead atoms. The first-order valence-electron chi connectivity index (χ1n) is 9.75. The van der Waals surface area contributed by atoms with Gasteiger partial charge in [-0.3, -0.25) is 4.57 Å². The molecule has 4 nitrogen and oxygen atoms in total. The number of nitrogens with zero attached hydrogens (tertiary/aromatic N) is 2. The second-order valence-electron chi connectivity index (χ2n) is 8.31. The molecule has 0 unspecified atom stereocenters. The number of thioether (sulfide) groups is 1. The van der Waals surface area contributed by atoms with Crippen molar-refractivity contribution in [1.82, 2.24) is 9.55 Å². The number of benzene rings is 1. The Balaban J connectivity index is 1.88. The van der Waals surface area contributed by atoms with E-state index in [-0.39, 0.29) is 5.60 Å². The quantitative estimate of drug-likeness (QED) is 0.277. The zero-order valence-electron chi connectivity index (χ0n) is 16.8. The van der Waals surface area contributed by atoms with Gasteiger partial charge in [-0.1, -0.05) is 56.0 Å². The van der Waals surface area contributed by atoms with Crippen molar-refractivity contribution in [1.29, 1.82) is 0 Å². The summed E-state index contributed by atoms with van der Waals surface area (Å²) in [5.74, 6) is 2.60. The fourth-order valence-corrected chi connectivity index (χ4v) is 5.13. The number of para-hydroxylation sites is 1. The predicted molar refractivity (Wildman–Crippen MR) is 117 cm³/mol. The molecule has 4 rings (SSSR count). The Morgan fingerprint density at radius 1 is 1.25 bits per heavy atom. The standard InChI is InChI=1S/C22H26N2O2S2/c1-14(2)10-11-28-21-23-19-18(16-13-25-22(3,4)12-17(16)26-19)20(27)24(21)15-8-6-5-7-9-15/h5-9,14H,10-13H2,1-4H3. The van der Waals surface area contributed by atoms with Gasteiger partial charge >= 0.3 is 0 Å². The SMILES string of the molecule is CC(C)CCSc1nc2oc3c(c2c(=S)n1-c1ccccc1)COC(C)(C)C3. The van der Waals surface area contributed by atoms with E-state index in [4.69, 9.17) is 26.4 Å². The summed E-state index contributed by atoms with van der Waals surface area (Å²) in [5, 5.41) is 1.80. The molecule has 0 fully saturated rings. The van der Waals surface area contributed by atoms with Gasteiger partial charge in [0.05, 0.1) is 17.6 Å². The summed E-state index contributed by atoms with van der Waals surface area (Å²) in [7, 11) is 0. The zero-order valence-corrected chi connectivity index (χ0v) is 18.5. The molecular weight excluding hydrogens is 388 g/mol. The van der Waals surface area contributed by atoms with Gasteiger partial charge in [0.25, 0.3) is 0 Å². The van der Waals surface area contributed by atoms with E-state index < -0.39 is 0 Å². The molecular formula is C22H26N2O2S2. The molecule has 0 saturated heterocycles. The van der Waals surface area contributed by atoms with Crippen LogP contribution in [0.4, 0.5) is 0 Å². The molecule has 1 aliphatic rings. The van der Waals surface area contributed by atoms with E-state index in [9.17, 15) is 0 Å². The minimum Gasteiger partial charge on any atom is -0.442 e. The summed E-state index contributed by atoms with van der Waals surface area (Å²) in [6.07, 6.45) is 1.86. The van der Waals surface area contributed by atoms with Crippen molar-refractivity contribution in [3.63, 3.8) is 0 Å². The maximum atomic E-state index is 6.18. The average molecular weight is 415 g/mol. The van der Waals surface area contributed by atoms with Gasteiger partial charge in [-0.15, -0.1) is 0 Å². The number of hydrogen-bond donors (Lipinski definition) is 0. The van der Waals surface area contributed by atoms with Crippen molar-refractivity contribution in [3.05, 3.63) is 46.3 Å². The number of ether oxygens (including phenoxy) is 1. The maximum Gasteiger partial charge on any atom is 0.232 e. The van der Waals surface area contributed by atoms with E-state index in [1.165, 1.54) is 0 Å². The topological polar surface area (TPSA) is 40.2 Å². The van der Waals surface area contributed by atoms with E-state index in [1.54, 1.807) is 11.8 Å². The molecule has 1 aromatic carbocycles. The Bertz CT molecular complexity index is 1050. The highest BCUT2D eigenvalue weighted by Crippen LogP contribution is 2.37. The monoisotopic (exact) mass is 414 g/mol. The summed E-state index contributed by atoms with van der Waals surface area (Å²) in [6.45, 7) is 9.16. The molecule has 6 heteroatoms. The van der Waals surface area contributed by atoms with Crippen LogP contribution in [0.15, 0.2) is 39.9 Å². The third kappa shape index (κ3) is 3.78. The summed E-state index contributed by atoms with van der Waals surface area (Å²) < 4.78 is 15.0. The van der Waals surface area contributed by atoms with Gasteiger partial charge in [-0.25, -0.2) is 0 Å². The van der Waals surface area contributed by atoms with Crippen molar-refractivity contribution in [2.24, 2.45) is 5.92 Å².